The van der Waals surface area contributed by atoms with Crippen molar-refractivity contribution in [2.75, 3.05) is 5.32 Å². The molecule has 0 bridgehead atoms. The first-order chi connectivity index (χ1) is 8.06. The van der Waals surface area contributed by atoms with Crippen LogP contribution >= 0.6 is 0 Å². The van der Waals surface area contributed by atoms with E-state index in [1.807, 2.05) is 0 Å². The molecule has 1 amide bonds. The Morgan fingerprint density at radius 1 is 1.59 bits per heavy atom. The first-order valence-electron chi connectivity index (χ1n) is 5.88. The molecule has 17 heavy (non-hydrogen) atoms. The van der Waals surface area contributed by atoms with Crippen molar-refractivity contribution in [2.24, 2.45) is 11.7 Å². The van der Waals surface area contributed by atoms with Crippen molar-refractivity contribution in [1.82, 2.24) is 0 Å². The smallest absolute Gasteiger partial charge is 0.225 e. The number of aryl methyl sites for hydroxylation is 1. The molecule has 0 heterocycles. The molecular formula is C13H17FN2O. The van der Waals surface area contributed by atoms with E-state index >= 15 is 0 Å². The van der Waals surface area contributed by atoms with Gasteiger partial charge in [0.15, 0.2) is 0 Å². The molecule has 0 spiro atoms. The Morgan fingerprint density at radius 3 is 2.88 bits per heavy atom. The van der Waals surface area contributed by atoms with Crippen LogP contribution in [-0.4, -0.2) is 11.9 Å². The third kappa shape index (κ3) is 3.27. The molecule has 92 valence electrons. The molecule has 0 saturated heterocycles. The summed E-state index contributed by atoms with van der Waals surface area (Å²) in [6.45, 7) is 1.67. The summed E-state index contributed by atoms with van der Waals surface area (Å²) in [5.74, 6) is 0.142. The fraction of sp³-hybridized carbons (Fsp3) is 0.462. The van der Waals surface area contributed by atoms with Crippen molar-refractivity contribution in [1.29, 1.82) is 0 Å². The topological polar surface area (TPSA) is 55.1 Å². The minimum atomic E-state index is -0.266. The van der Waals surface area contributed by atoms with Gasteiger partial charge in [-0.2, -0.15) is 0 Å². The largest absolute Gasteiger partial charge is 0.327 e. The number of nitrogens with two attached hydrogens (primary N) is 1. The van der Waals surface area contributed by atoms with Crippen molar-refractivity contribution in [2.45, 2.75) is 32.2 Å². The van der Waals surface area contributed by atoms with Crippen molar-refractivity contribution < 1.29 is 9.18 Å². The van der Waals surface area contributed by atoms with Gasteiger partial charge in [-0.05, 0) is 49.4 Å². The van der Waals surface area contributed by atoms with Crippen LogP contribution in [-0.2, 0) is 4.79 Å². The first-order valence-corrected chi connectivity index (χ1v) is 5.88. The Labute approximate surface area is 100 Å². The van der Waals surface area contributed by atoms with Crippen LogP contribution in [0.2, 0.25) is 0 Å². The molecule has 3 N–H and O–H groups in total. The summed E-state index contributed by atoms with van der Waals surface area (Å²) in [5.41, 5.74) is 7.01. The highest BCUT2D eigenvalue weighted by Gasteiger charge is 2.29. The number of rotatable bonds is 4. The van der Waals surface area contributed by atoms with Gasteiger partial charge in [-0.25, -0.2) is 4.39 Å². The maximum atomic E-state index is 13.0. The first kappa shape index (κ1) is 12.0. The zero-order valence-corrected chi connectivity index (χ0v) is 9.87. The van der Waals surface area contributed by atoms with Crippen molar-refractivity contribution in [3.63, 3.8) is 0 Å². The lowest BCUT2D eigenvalue weighted by molar-refractivity contribution is -0.116. The maximum absolute atomic E-state index is 13.0. The zero-order chi connectivity index (χ0) is 12.4. The molecule has 1 atom stereocenters. The summed E-state index contributed by atoms with van der Waals surface area (Å²) in [4.78, 5) is 11.7. The molecule has 0 aliphatic heterocycles. The Morgan fingerprint density at radius 2 is 2.29 bits per heavy atom. The van der Waals surface area contributed by atoms with Crippen LogP contribution < -0.4 is 11.1 Å². The van der Waals surface area contributed by atoms with Crippen LogP contribution in [0, 0.1) is 18.7 Å². The SMILES string of the molecule is Cc1cc(NC(=O)CC(N)C2CC2)ccc1F. The molecule has 1 aliphatic rings. The summed E-state index contributed by atoms with van der Waals surface area (Å²) >= 11 is 0. The van der Waals surface area contributed by atoms with E-state index in [1.165, 1.54) is 6.07 Å². The van der Waals surface area contributed by atoms with Gasteiger partial charge in [0.25, 0.3) is 0 Å². The van der Waals surface area contributed by atoms with Gasteiger partial charge in [-0.3, -0.25) is 4.79 Å². The summed E-state index contributed by atoms with van der Waals surface area (Å²) in [7, 11) is 0. The van der Waals surface area contributed by atoms with Gasteiger partial charge < -0.3 is 11.1 Å². The van der Waals surface area contributed by atoms with E-state index in [4.69, 9.17) is 5.73 Å². The number of carbonyl (C=O) groups is 1. The Balaban J connectivity index is 1.90. The minimum Gasteiger partial charge on any atom is -0.327 e. The molecule has 0 radical (unpaired) electrons. The molecule has 2 rings (SSSR count). The second-order valence-electron chi connectivity index (χ2n) is 4.72. The lowest BCUT2D eigenvalue weighted by Crippen LogP contribution is -2.28. The number of benzene rings is 1. The van der Waals surface area contributed by atoms with Gasteiger partial charge in [0.1, 0.15) is 5.82 Å². The van der Waals surface area contributed by atoms with Crippen LogP contribution in [0.3, 0.4) is 0 Å². The number of anilines is 1. The zero-order valence-electron chi connectivity index (χ0n) is 9.87. The van der Waals surface area contributed by atoms with E-state index in [1.54, 1.807) is 19.1 Å². The summed E-state index contributed by atoms with van der Waals surface area (Å²) in [6.07, 6.45) is 2.59. The number of carbonyl (C=O) groups excluding carboxylic acids is 1. The normalized spacial score (nSPS) is 16.6. The Bertz CT molecular complexity index is 429. The number of hydrogen-bond donors (Lipinski definition) is 2. The molecular weight excluding hydrogens is 219 g/mol. The molecule has 1 fully saturated rings. The van der Waals surface area contributed by atoms with E-state index < -0.39 is 0 Å². The minimum absolute atomic E-state index is 0.0449. The van der Waals surface area contributed by atoms with Crippen LogP contribution in [0.4, 0.5) is 10.1 Å². The van der Waals surface area contributed by atoms with Crippen molar-refractivity contribution >= 4 is 11.6 Å². The maximum Gasteiger partial charge on any atom is 0.225 e. The molecule has 1 unspecified atom stereocenters. The molecule has 3 nitrogen and oxygen atoms in total. The van der Waals surface area contributed by atoms with Crippen LogP contribution in [0.5, 0.6) is 0 Å². The van der Waals surface area contributed by atoms with Crippen LogP contribution in [0.1, 0.15) is 24.8 Å². The van der Waals surface area contributed by atoms with E-state index in [0.29, 0.717) is 23.6 Å². The summed E-state index contributed by atoms with van der Waals surface area (Å²) < 4.78 is 13.0. The molecule has 1 aromatic carbocycles. The predicted octanol–water partition coefficient (Wildman–Crippen LogP) is 2.20. The van der Waals surface area contributed by atoms with Gasteiger partial charge in [-0.1, -0.05) is 0 Å². The van der Waals surface area contributed by atoms with Crippen molar-refractivity contribution in [3.05, 3.63) is 29.6 Å². The number of hydrogen-bond acceptors (Lipinski definition) is 2. The van der Waals surface area contributed by atoms with E-state index in [0.717, 1.165) is 12.8 Å². The average molecular weight is 236 g/mol. The monoisotopic (exact) mass is 236 g/mol. The number of halogens is 1. The number of nitrogens with one attached hydrogen (secondary N) is 1. The Kier molecular flexibility index (Phi) is 3.43. The van der Waals surface area contributed by atoms with Crippen molar-refractivity contribution in [3.8, 4) is 0 Å². The van der Waals surface area contributed by atoms with Gasteiger partial charge in [0.2, 0.25) is 5.91 Å². The highest BCUT2D eigenvalue weighted by molar-refractivity contribution is 5.91. The number of amides is 1. The molecule has 0 aromatic heterocycles. The third-order valence-corrected chi connectivity index (χ3v) is 3.09. The fourth-order valence-corrected chi connectivity index (χ4v) is 1.84. The second kappa shape index (κ2) is 4.84. The van der Waals surface area contributed by atoms with Gasteiger partial charge >= 0.3 is 0 Å². The lowest BCUT2D eigenvalue weighted by Gasteiger charge is -2.11. The van der Waals surface area contributed by atoms with Gasteiger partial charge in [0, 0.05) is 18.2 Å². The standard InChI is InChI=1S/C13H17FN2O/c1-8-6-10(4-5-11(8)14)16-13(17)7-12(15)9-2-3-9/h4-6,9,12H,2-3,7,15H2,1H3,(H,16,17). The van der Waals surface area contributed by atoms with Gasteiger partial charge in [0.05, 0.1) is 0 Å². The summed E-state index contributed by atoms with van der Waals surface area (Å²) in [5, 5.41) is 2.74. The Hall–Kier alpha value is -1.42. The molecule has 1 saturated carbocycles. The fourth-order valence-electron chi connectivity index (χ4n) is 1.84. The predicted molar refractivity (Wildman–Crippen MR) is 65.1 cm³/mol. The van der Waals surface area contributed by atoms with Crippen LogP contribution in [0.15, 0.2) is 18.2 Å². The quantitative estimate of drug-likeness (QED) is 0.842. The highest BCUT2D eigenvalue weighted by atomic mass is 19.1. The molecule has 1 aromatic rings. The summed E-state index contributed by atoms with van der Waals surface area (Å²) in [6, 6.07) is 4.49. The average Bonchev–Trinajstić information content (AvgIpc) is 3.06. The lowest BCUT2D eigenvalue weighted by atomic mass is 10.1. The highest BCUT2D eigenvalue weighted by Crippen LogP contribution is 2.32. The van der Waals surface area contributed by atoms with E-state index in [2.05, 4.69) is 5.32 Å². The second-order valence-corrected chi connectivity index (χ2v) is 4.72. The van der Waals surface area contributed by atoms with E-state index in [-0.39, 0.29) is 17.8 Å². The molecule has 4 heteroatoms. The van der Waals surface area contributed by atoms with E-state index in [9.17, 15) is 9.18 Å². The van der Waals surface area contributed by atoms with Gasteiger partial charge in [-0.15, -0.1) is 0 Å². The molecule has 1 aliphatic carbocycles. The third-order valence-electron chi connectivity index (χ3n) is 3.09. The van der Waals surface area contributed by atoms with Crippen LogP contribution in [0.25, 0.3) is 0 Å².